The number of rotatable bonds is 4. The van der Waals surface area contributed by atoms with Crippen molar-refractivity contribution in [2.45, 2.75) is 0 Å². The predicted octanol–water partition coefficient (Wildman–Crippen LogP) is 2.84. The Bertz CT molecular complexity index is 637. The average Bonchev–Trinajstić information content (AvgIpc) is 2.45. The fourth-order valence-electron chi connectivity index (χ4n) is 1.63. The van der Waals surface area contributed by atoms with Crippen LogP contribution in [0.25, 0.3) is 0 Å². The zero-order valence-electron chi connectivity index (χ0n) is 10.9. The summed E-state index contributed by atoms with van der Waals surface area (Å²) in [5.41, 5.74) is 0.512. The summed E-state index contributed by atoms with van der Waals surface area (Å²) in [4.78, 5) is 25.5. The Balaban J connectivity index is 0.00000242. The fourth-order valence-corrected chi connectivity index (χ4v) is 2.43. The van der Waals surface area contributed by atoms with Gasteiger partial charge in [-0.1, -0.05) is 23.2 Å². The number of hydrogen-bond donors (Lipinski definition) is 1. The molecule has 22 heavy (non-hydrogen) atoms. The highest BCUT2D eigenvalue weighted by Gasteiger charge is 2.24. The number of amides is 1. The van der Waals surface area contributed by atoms with Gasteiger partial charge in [0.1, 0.15) is 25.9 Å². The molecule has 1 N–H and O–H groups in total. The third kappa shape index (κ3) is 4.39. The molecule has 0 saturated carbocycles. The lowest BCUT2D eigenvalue weighted by atomic mass is 10.2. The minimum Gasteiger partial charge on any atom is -0.395 e. The summed E-state index contributed by atoms with van der Waals surface area (Å²) in [7, 11) is 0. The summed E-state index contributed by atoms with van der Waals surface area (Å²) in [6.45, 7) is -0.149. The Morgan fingerprint density at radius 2 is 1.86 bits per heavy atom. The van der Waals surface area contributed by atoms with E-state index in [2.05, 4.69) is 37.5 Å². The largest absolute Gasteiger partial charge is 0.395 e. The number of anilines is 1. The molecule has 0 radical (unpaired) electrons. The maximum atomic E-state index is 12.6. The summed E-state index contributed by atoms with van der Waals surface area (Å²) >= 11 is 13.9. The molecule has 10 heteroatoms. The van der Waals surface area contributed by atoms with Gasteiger partial charge in [0.15, 0.2) is 0 Å². The van der Waals surface area contributed by atoms with Crippen molar-refractivity contribution in [3.8, 4) is 0 Å². The molecule has 0 aliphatic rings. The maximum Gasteiger partial charge on any atom is 0.264 e. The summed E-state index contributed by atoms with van der Waals surface area (Å²) in [6.07, 6.45) is 2.70. The third-order valence-electron chi connectivity index (χ3n) is 2.56. The molecule has 2 heterocycles. The van der Waals surface area contributed by atoms with Gasteiger partial charge in [-0.25, -0.2) is 15.0 Å². The van der Waals surface area contributed by atoms with E-state index >= 15 is 0 Å². The number of aromatic nitrogens is 3. The Morgan fingerprint density at radius 3 is 2.36 bits per heavy atom. The number of aliphatic hydroxyl groups excluding tert-OH is 1. The highest BCUT2D eigenvalue weighted by molar-refractivity contribution is 14.1. The van der Waals surface area contributed by atoms with Gasteiger partial charge in [0.2, 0.25) is 0 Å². The van der Waals surface area contributed by atoms with Crippen molar-refractivity contribution in [3.63, 3.8) is 0 Å². The van der Waals surface area contributed by atoms with E-state index in [0.717, 1.165) is 3.70 Å². The molecule has 0 saturated heterocycles. The molecule has 0 aliphatic heterocycles. The van der Waals surface area contributed by atoms with E-state index in [-0.39, 0.29) is 41.4 Å². The Morgan fingerprint density at radius 1 is 1.23 bits per heavy atom. The van der Waals surface area contributed by atoms with E-state index in [4.69, 9.17) is 23.2 Å². The van der Waals surface area contributed by atoms with Gasteiger partial charge < -0.3 is 10.0 Å². The molecule has 2 aromatic rings. The quantitative estimate of drug-likeness (QED) is 0.418. The summed E-state index contributed by atoms with van der Waals surface area (Å²) in [5, 5.41) is 9.09. The zero-order chi connectivity index (χ0) is 15.4. The van der Waals surface area contributed by atoms with Crippen molar-refractivity contribution in [2.24, 2.45) is 0 Å². The zero-order valence-corrected chi connectivity index (χ0v) is 15.4. The van der Waals surface area contributed by atoms with Crippen LogP contribution in [0.5, 0.6) is 0 Å². The second-order valence-corrected chi connectivity index (χ2v) is 5.67. The normalized spacial score (nSPS) is 10.0. The molecule has 1 amide bonds. The van der Waals surface area contributed by atoms with Gasteiger partial charge in [-0.3, -0.25) is 4.79 Å². The van der Waals surface area contributed by atoms with Crippen LogP contribution < -0.4 is 4.90 Å². The Hall–Kier alpha value is -0.740. The minimum absolute atomic E-state index is 0. The molecule has 118 valence electrons. The number of aliphatic hydroxyl groups is 1. The predicted molar refractivity (Wildman–Crippen MR) is 95.0 cm³/mol. The lowest BCUT2D eigenvalue weighted by Crippen LogP contribution is -2.34. The molecule has 2 rings (SSSR count). The molecule has 0 fully saturated rings. The molecule has 0 atom stereocenters. The second-order valence-electron chi connectivity index (χ2n) is 3.85. The first-order valence-electron chi connectivity index (χ1n) is 5.75. The van der Waals surface area contributed by atoms with E-state index in [9.17, 15) is 9.90 Å². The smallest absolute Gasteiger partial charge is 0.264 e. The first kappa shape index (κ1) is 19.3. The highest BCUT2D eigenvalue weighted by Crippen LogP contribution is 2.24. The minimum atomic E-state index is -0.498. The van der Waals surface area contributed by atoms with Crippen LogP contribution in [0.4, 0.5) is 5.69 Å². The van der Waals surface area contributed by atoms with Crippen LogP contribution in [-0.2, 0) is 0 Å². The standard InChI is InChI=1S/C12H9Cl2IN4O2.ClH/c13-10-9(11(14)18-6-17-10)12(21)19(3-4-20)7-1-2-8(15)16-5-7;/h1-2,5-6,20H,3-4H2;1H. The number of pyridine rings is 1. The molecule has 6 nitrogen and oxygen atoms in total. The molecule has 2 aromatic heterocycles. The number of carbonyl (C=O) groups excluding carboxylic acids is 1. The van der Waals surface area contributed by atoms with Crippen LogP contribution in [-0.4, -0.2) is 39.1 Å². The average molecular weight is 476 g/mol. The van der Waals surface area contributed by atoms with Gasteiger partial charge in [-0.15, -0.1) is 12.4 Å². The molecule has 0 unspecified atom stereocenters. The molecule has 0 aliphatic carbocycles. The second kappa shape index (κ2) is 8.78. The van der Waals surface area contributed by atoms with Gasteiger partial charge in [0.25, 0.3) is 5.91 Å². The topological polar surface area (TPSA) is 79.2 Å². The lowest BCUT2D eigenvalue weighted by molar-refractivity contribution is 0.0980. The van der Waals surface area contributed by atoms with Crippen molar-refractivity contribution in [1.82, 2.24) is 15.0 Å². The Kier molecular flexibility index (Phi) is 7.70. The van der Waals surface area contributed by atoms with Crippen LogP contribution >= 0.6 is 58.2 Å². The lowest BCUT2D eigenvalue weighted by Gasteiger charge is -2.22. The first-order valence-corrected chi connectivity index (χ1v) is 7.58. The van der Waals surface area contributed by atoms with Crippen molar-refractivity contribution in [2.75, 3.05) is 18.1 Å². The van der Waals surface area contributed by atoms with E-state index in [1.165, 1.54) is 17.4 Å². The van der Waals surface area contributed by atoms with Gasteiger partial charge in [-0.05, 0) is 34.7 Å². The van der Waals surface area contributed by atoms with Crippen molar-refractivity contribution in [1.29, 1.82) is 0 Å². The number of nitrogens with zero attached hydrogens (tertiary/aromatic N) is 4. The molecule has 0 bridgehead atoms. The number of carbonyl (C=O) groups is 1. The first-order chi connectivity index (χ1) is 10.0. The van der Waals surface area contributed by atoms with Gasteiger partial charge in [-0.2, -0.15) is 0 Å². The molecular formula is C12H10Cl3IN4O2. The fraction of sp³-hybridized carbons (Fsp3) is 0.167. The van der Waals surface area contributed by atoms with Crippen LogP contribution in [0.3, 0.4) is 0 Å². The van der Waals surface area contributed by atoms with E-state index in [0.29, 0.717) is 5.69 Å². The number of halogens is 4. The van der Waals surface area contributed by atoms with Crippen molar-refractivity contribution < 1.29 is 9.90 Å². The van der Waals surface area contributed by atoms with Crippen LogP contribution in [0, 0.1) is 3.70 Å². The van der Waals surface area contributed by atoms with Gasteiger partial charge in [0, 0.05) is 6.54 Å². The Labute approximate surface area is 156 Å². The summed E-state index contributed by atoms with van der Waals surface area (Å²) in [5.74, 6) is -0.498. The SMILES string of the molecule is Cl.O=C(c1c(Cl)ncnc1Cl)N(CCO)c1ccc(I)nc1. The van der Waals surface area contributed by atoms with Crippen LogP contribution in [0.1, 0.15) is 10.4 Å². The molecule has 0 spiro atoms. The van der Waals surface area contributed by atoms with Crippen LogP contribution in [0.15, 0.2) is 24.7 Å². The summed E-state index contributed by atoms with van der Waals surface area (Å²) in [6, 6.07) is 3.46. The van der Waals surface area contributed by atoms with E-state index < -0.39 is 5.91 Å². The van der Waals surface area contributed by atoms with Crippen LogP contribution in [0.2, 0.25) is 10.3 Å². The van der Waals surface area contributed by atoms with E-state index in [1.807, 2.05) is 0 Å². The molecular weight excluding hydrogens is 465 g/mol. The van der Waals surface area contributed by atoms with E-state index in [1.54, 1.807) is 12.1 Å². The van der Waals surface area contributed by atoms with Crippen molar-refractivity contribution in [3.05, 3.63) is 44.2 Å². The third-order valence-corrected chi connectivity index (χ3v) is 3.77. The van der Waals surface area contributed by atoms with Gasteiger partial charge >= 0.3 is 0 Å². The number of hydrogen-bond acceptors (Lipinski definition) is 5. The highest BCUT2D eigenvalue weighted by atomic mass is 127. The monoisotopic (exact) mass is 474 g/mol. The van der Waals surface area contributed by atoms with Gasteiger partial charge in [0.05, 0.1) is 18.5 Å². The maximum absolute atomic E-state index is 12.6. The summed E-state index contributed by atoms with van der Waals surface area (Å²) < 4.78 is 0.784. The van der Waals surface area contributed by atoms with Crippen molar-refractivity contribution >= 4 is 69.8 Å². The molecule has 0 aromatic carbocycles.